The second-order valence-corrected chi connectivity index (χ2v) is 6.76. The largest absolute Gasteiger partial charge is 0.508 e. The van der Waals surface area contributed by atoms with Gasteiger partial charge in [0, 0.05) is 25.3 Å². The topological polar surface area (TPSA) is 64.6 Å². The Morgan fingerprint density at radius 3 is 2.80 bits per heavy atom. The molecule has 0 bridgehead atoms. The Morgan fingerprint density at radius 1 is 1.24 bits per heavy atom. The lowest BCUT2D eigenvalue weighted by molar-refractivity contribution is 0.249. The lowest BCUT2D eigenvalue weighted by atomic mass is 10.1. The van der Waals surface area contributed by atoms with Crippen LogP contribution in [0.2, 0.25) is 0 Å². The predicted molar refractivity (Wildman–Crippen MR) is 99.7 cm³/mol. The van der Waals surface area contributed by atoms with Crippen LogP contribution in [0.1, 0.15) is 17.5 Å². The summed E-state index contributed by atoms with van der Waals surface area (Å²) in [5.41, 5.74) is 3.09. The number of nitrogens with one attached hydrogen (secondary N) is 2. The average Bonchev–Trinajstić information content (AvgIpc) is 3.03. The van der Waals surface area contributed by atoms with Crippen LogP contribution in [0.25, 0.3) is 0 Å². The molecule has 132 valence electrons. The number of phenolic OH excluding ortho intramolecular Hbond substituents is 1. The van der Waals surface area contributed by atoms with Crippen molar-refractivity contribution in [1.29, 1.82) is 0 Å². The number of nitrogens with zero attached hydrogens (tertiary/aromatic N) is 1. The van der Waals surface area contributed by atoms with E-state index >= 15 is 0 Å². The third kappa shape index (κ3) is 5.22. The molecule has 0 radical (unpaired) electrons. The Balaban J connectivity index is 1.40. The van der Waals surface area contributed by atoms with Gasteiger partial charge in [0.15, 0.2) is 0 Å². The van der Waals surface area contributed by atoms with Crippen LogP contribution in [0.15, 0.2) is 48.5 Å². The summed E-state index contributed by atoms with van der Waals surface area (Å²) in [4.78, 5) is 14.4. The Kier molecular flexibility index (Phi) is 5.56. The van der Waals surface area contributed by atoms with Crippen molar-refractivity contribution in [3.8, 4) is 5.75 Å². The molecule has 1 unspecified atom stereocenters. The molecule has 1 aliphatic rings. The first-order valence-corrected chi connectivity index (χ1v) is 8.70. The molecule has 25 heavy (non-hydrogen) atoms. The molecule has 3 N–H and O–H groups in total. The highest BCUT2D eigenvalue weighted by molar-refractivity contribution is 5.89. The van der Waals surface area contributed by atoms with Crippen molar-refractivity contribution in [2.45, 2.75) is 19.9 Å². The van der Waals surface area contributed by atoms with Crippen LogP contribution in [-0.4, -0.2) is 35.7 Å². The van der Waals surface area contributed by atoms with E-state index in [0.717, 1.165) is 37.3 Å². The Bertz CT molecular complexity index is 715. The van der Waals surface area contributed by atoms with E-state index in [1.165, 1.54) is 5.56 Å². The molecule has 5 nitrogen and oxygen atoms in total. The van der Waals surface area contributed by atoms with Gasteiger partial charge in [-0.2, -0.15) is 0 Å². The Morgan fingerprint density at radius 2 is 2.04 bits per heavy atom. The van der Waals surface area contributed by atoms with Crippen LogP contribution in [0, 0.1) is 12.8 Å². The minimum Gasteiger partial charge on any atom is -0.508 e. The zero-order valence-electron chi connectivity index (χ0n) is 14.5. The number of benzene rings is 2. The van der Waals surface area contributed by atoms with E-state index in [1.54, 1.807) is 12.1 Å². The van der Waals surface area contributed by atoms with Gasteiger partial charge >= 0.3 is 6.03 Å². The van der Waals surface area contributed by atoms with E-state index in [2.05, 4.69) is 15.5 Å². The molecule has 0 aromatic heterocycles. The summed E-state index contributed by atoms with van der Waals surface area (Å²) in [5, 5.41) is 15.4. The van der Waals surface area contributed by atoms with Crippen LogP contribution >= 0.6 is 0 Å². The molecular weight excluding hydrogens is 314 g/mol. The predicted octanol–water partition coefficient (Wildman–Crippen LogP) is 3.34. The summed E-state index contributed by atoms with van der Waals surface area (Å²) in [6, 6.07) is 15.0. The fourth-order valence-electron chi connectivity index (χ4n) is 3.19. The lowest BCUT2D eigenvalue weighted by Crippen LogP contribution is -2.34. The minimum absolute atomic E-state index is 0.157. The summed E-state index contributed by atoms with van der Waals surface area (Å²) in [6.07, 6.45) is 1.07. The van der Waals surface area contributed by atoms with Crippen molar-refractivity contribution in [2.75, 3.05) is 25.0 Å². The normalized spacial score (nSPS) is 17.4. The first-order valence-electron chi connectivity index (χ1n) is 8.70. The maximum atomic E-state index is 12.0. The van der Waals surface area contributed by atoms with Crippen molar-refractivity contribution < 1.29 is 9.90 Å². The zero-order valence-corrected chi connectivity index (χ0v) is 14.5. The highest BCUT2D eigenvalue weighted by Crippen LogP contribution is 2.20. The van der Waals surface area contributed by atoms with Gasteiger partial charge in [0.2, 0.25) is 0 Å². The van der Waals surface area contributed by atoms with Gasteiger partial charge < -0.3 is 15.7 Å². The van der Waals surface area contributed by atoms with E-state index in [0.29, 0.717) is 18.2 Å². The van der Waals surface area contributed by atoms with Gasteiger partial charge in [-0.05, 0) is 55.6 Å². The SMILES string of the molecule is Cc1ccc(NC(=O)NCC2CCN(Cc3cccc(O)c3)C2)cc1. The van der Waals surface area contributed by atoms with Crippen LogP contribution in [0.5, 0.6) is 5.75 Å². The van der Waals surface area contributed by atoms with E-state index in [4.69, 9.17) is 0 Å². The molecule has 0 aliphatic carbocycles. The molecule has 0 spiro atoms. The number of aromatic hydroxyl groups is 1. The average molecular weight is 339 g/mol. The quantitative estimate of drug-likeness (QED) is 0.783. The molecule has 1 heterocycles. The number of likely N-dealkylation sites (tertiary alicyclic amines) is 1. The van der Waals surface area contributed by atoms with Crippen molar-refractivity contribution in [2.24, 2.45) is 5.92 Å². The number of phenols is 1. The zero-order chi connectivity index (χ0) is 17.6. The molecule has 5 heteroatoms. The Hall–Kier alpha value is -2.53. The number of carbonyl (C=O) groups excluding carboxylic acids is 1. The first-order chi connectivity index (χ1) is 12.1. The minimum atomic E-state index is -0.157. The molecule has 1 fully saturated rings. The van der Waals surface area contributed by atoms with Gasteiger partial charge in [0.25, 0.3) is 0 Å². The molecule has 2 aromatic rings. The van der Waals surface area contributed by atoms with Gasteiger partial charge in [0.05, 0.1) is 0 Å². The van der Waals surface area contributed by atoms with Crippen molar-refractivity contribution in [3.63, 3.8) is 0 Å². The molecule has 2 aromatic carbocycles. The van der Waals surface area contributed by atoms with Gasteiger partial charge in [-0.25, -0.2) is 4.79 Å². The van der Waals surface area contributed by atoms with Crippen LogP contribution in [0.4, 0.5) is 10.5 Å². The molecule has 1 atom stereocenters. The maximum absolute atomic E-state index is 12.0. The van der Waals surface area contributed by atoms with E-state index in [9.17, 15) is 9.90 Å². The van der Waals surface area contributed by atoms with Crippen LogP contribution < -0.4 is 10.6 Å². The standard InChI is InChI=1S/C20H25N3O2/c1-15-5-7-18(8-6-15)22-20(25)21-12-17-9-10-23(14-17)13-16-3-2-4-19(24)11-16/h2-8,11,17,24H,9-10,12-14H2,1H3,(H2,21,22,25). The van der Waals surface area contributed by atoms with E-state index in [-0.39, 0.29) is 6.03 Å². The summed E-state index contributed by atoms with van der Waals surface area (Å²) in [5.74, 6) is 0.767. The molecule has 3 rings (SSSR count). The second-order valence-electron chi connectivity index (χ2n) is 6.76. The highest BCUT2D eigenvalue weighted by Gasteiger charge is 2.22. The second kappa shape index (κ2) is 8.03. The molecular formula is C20H25N3O2. The summed E-state index contributed by atoms with van der Waals surface area (Å²) >= 11 is 0. The van der Waals surface area contributed by atoms with Gasteiger partial charge in [-0.3, -0.25) is 4.90 Å². The van der Waals surface area contributed by atoms with Crippen molar-refractivity contribution >= 4 is 11.7 Å². The smallest absolute Gasteiger partial charge is 0.319 e. The number of hydrogen-bond donors (Lipinski definition) is 3. The fraction of sp³-hybridized carbons (Fsp3) is 0.350. The molecule has 0 saturated carbocycles. The summed E-state index contributed by atoms with van der Waals surface area (Å²) < 4.78 is 0. The van der Waals surface area contributed by atoms with Crippen LogP contribution in [-0.2, 0) is 6.54 Å². The number of amides is 2. The number of urea groups is 1. The fourth-order valence-corrected chi connectivity index (χ4v) is 3.19. The molecule has 1 aliphatic heterocycles. The lowest BCUT2D eigenvalue weighted by Gasteiger charge is -2.16. The third-order valence-corrected chi connectivity index (χ3v) is 4.55. The van der Waals surface area contributed by atoms with Gasteiger partial charge in [-0.15, -0.1) is 0 Å². The number of carbonyl (C=O) groups is 1. The number of hydrogen-bond acceptors (Lipinski definition) is 3. The number of rotatable bonds is 5. The Labute approximate surface area is 148 Å². The maximum Gasteiger partial charge on any atom is 0.319 e. The van der Waals surface area contributed by atoms with E-state index < -0.39 is 0 Å². The van der Waals surface area contributed by atoms with Crippen molar-refractivity contribution in [1.82, 2.24) is 10.2 Å². The highest BCUT2D eigenvalue weighted by atomic mass is 16.3. The van der Waals surface area contributed by atoms with E-state index in [1.807, 2.05) is 43.3 Å². The van der Waals surface area contributed by atoms with Gasteiger partial charge in [0.1, 0.15) is 5.75 Å². The summed E-state index contributed by atoms with van der Waals surface area (Å²) in [6.45, 7) is 5.50. The third-order valence-electron chi connectivity index (χ3n) is 4.55. The van der Waals surface area contributed by atoms with Gasteiger partial charge in [-0.1, -0.05) is 29.8 Å². The van der Waals surface area contributed by atoms with Crippen LogP contribution in [0.3, 0.4) is 0 Å². The summed E-state index contributed by atoms with van der Waals surface area (Å²) in [7, 11) is 0. The molecule has 2 amide bonds. The monoisotopic (exact) mass is 339 g/mol. The molecule has 1 saturated heterocycles. The number of anilines is 1. The number of aryl methyl sites for hydroxylation is 1. The van der Waals surface area contributed by atoms with Crippen molar-refractivity contribution in [3.05, 3.63) is 59.7 Å². The first kappa shape index (κ1) is 17.3.